The number of carbonyl (C=O) groups is 1. The quantitative estimate of drug-likeness (QED) is 0.764. The lowest BCUT2D eigenvalue weighted by Gasteiger charge is -2.14. The van der Waals surface area contributed by atoms with Crippen molar-refractivity contribution in [2.24, 2.45) is 0 Å². The summed E-state index contributed by atoms with van der Waals surface area (Å²) < 4.78 is 21.1. The van der Waals surface area contributed by atoms with Crippen molar-refractivity contribution in [1.29, 1.82) is 0 Å². The first-order valence-electron chi connectivity index (χ1n) is 7.96. The molecule has 2 aromatic rings. The molecule has 0 aromatic heterocycles. The fourth-order valence-electron chi connectivity index (χ4n) is 2.44. The van der Waals surface area contributed by atoms with Crippen LogP contribution in [0.3, 0.4) is 0 Å². The number of methoxy groups -OCH3 is 4. The summed E-state index contributed by atoms with van der Waals surface area (Å²) in [7, 11) is 6.25. The summed E-state index contributed by atoms with van der Waals surface area (Å²) >= 11 is 0. The number of benzene rings is 2. The van der Waals surface area contributed by atoms with Crippen LogP contribution in [0, 0.1) is 0 Å². The van der Waals surface area contributed by atoms with E-state index in [1.165, 1.54) is 6.08 Å². The highest BCUT2D eigenvalue weighted by molar-refractivity contribution is 6.03. The zero-order chi connectivity index (χ0) is 19.1. The average Bonchev–Trinajstić information content (AvgIpc) is 2.67. The molecule has 138 valence electrons. The summed E-state index contributed by atoms with van der Waals surface area (Å²) in [6.07, 6.45) is 1.52. The van der Waals surface area contributed by atoms with Gasteiger partial charge in [0.05, 0.1) is 28.4 Å². The van der Waals surface area contributed by atoms with Crippen molar-refractivity contribution in [3.05, 3.63) is 48.0 Å². The zero-order valence-corrected chi connectivity index (χ0v) is 15.6. The molecule has 0 saturated carbocycles. The standard InChI is InChI=1S/C20H23NO5/c1-13(10-19(22)21-15-6-8-16(23-2)9-7-15)14-11-17(24-3)20(26-5)18(12-14)25-4/h6-12H,1-5H3,(H,21,22). The molecule has 0 spiro atoms. The molecular weight excluding hydrogens is 334 g/mol. The minimum Gasteiger partial charge on any atom is -0.497 e. The van der Waals surface area contributed by atoms with Gasteiger partial charge in [0.2, 0.25) is 11.7 Å². The van der Waals surface area contributed by atoms with Gasteiger partial charge in [0.25, 0.3) is 0 Å². The smallest absolute Gasteiger partial charge is 0.248 e. The fourth-order valence-corrected chi connectivity index (χ4v) is 2.44. The van der Waals surface area contributed by atoms with Crippen LogP contribution in [0.4, 0.5) is 5.69 Å². The number of carbonyl (C=O) groups excluding carboxylic acids is 1. The maximum atomic E-state index is 12.3. The van der Waals surface area contributed by atoms with Crippen molar-refractivity contribution in [2.75, 3.05) is 33.8 Å². The van der Waals surface area contributed by atoms with Gasteiger partial charge in [0.15, 0.2) is 11.5 Å². The predicted octanol–water partition coefficient (Wildman–Crippen LogP) is 3.76. The first kappa shape index (κ1) is 19.2. The Bertz CT molecular complexity index is 771. The van der Waals surface area contributed by atoms with E-state index in [1.807, 2.05) is 6.92 Å². The van der Waals surface area contributed by atoms with Gasteiger partial charge in [-0.05, 0) is 54.5 Å². The molecule has 0 atom stereocenters. The van der Waals surface area contributed by atoms with Crippen LogP contribution in [0.15, 0.2) is 42.5 Å². The van der Waals surface area contributed by atoms with Crippen molar-refractivity contribution in [2.45, 2.75) is 6.92 Å². The molecule has 26 heavy (non-hydrogen) atoms. The molecule has 0 heterocycles. The predicted molar refractivity (Wildman–Crippen MR) is 101 cm³/mol. The number of amides is 1. The monoisotopic (exact) mass is 357 g/mol. The van der Waals surface area contributed by atoms with Crippen molar-refractivity contribution in [1.82, 2.24) is 0 Å². The van der Waals surface area contributed by atoms with Crippen molar-refractivity contribution >= 4 is 17.2 Å². The third-order valence-electron chi connectivity index (χ3n) is 3.83. The number of anilines is 1. The Hall–Kier alpha value is -3.15. The van der Waals surface area contributed by atoms with Crippen molar-refractivity contribution < 1.29 is 23.7 Å². The van der Waals surface area contributed by atoms with Gasteiger partial charge in [0, 0.05) is 11.8 Å². The summed E-state index contributed by atoms with van der Waals surface area (Å²) in [6.45, 7) is 1.84. The molecule has 2 aromatic carbocycles. The van der Waals surface area contributed by atoms with Crippen LogP contribution in [-0.2, 0) is 4.79 Å². The summed E-state index contributed by atoms with van der Waals surface area (Å²) in [5.74, 6) is 2.07. The van der Waals surface area contributed by atoms with E-state index in [-0.39, 0.29) is 5.91 Å². The molecule has 1 amide bonds. The Balaban J connectivity index is 2.23. The van der Waals surface area contributed by atoms with Gasteiger partial charge in [-0.1, -0.05) is 0 Å². The van der Waals surface area contributed by atoms with Gasteiger partial charge in [-0.3, -0.25) is 4.79 Å². The number of ether oxygens (including phenoxy) is 4. The molecule has 1 N–H and O–H groups in total. The molecule has 2 rings (SSSR count). The molecule has 0 radical (unpaired) electrons. The Kier molecular flexibility index (Phi) is 6.49. The van der Waals surface area contributed by atoms with E-state index in [0.29, 0.717) is 22.9 Å². The molecule has 0 aliphatic carbocycles. The number of rotatable bonds is 7. The third kappa shape index (κ3) is 4.47. The number of nitrogens with one attached hydrogen (secondary N) is 1. The largest absolute Gasteiger partial charge is 0.497 e. The Morgan fingerprint density at radius 1 is 0.885 bits per heavy atom. The summed E-state index contributed by atoms with van der Waals surface area (Å²) in [4.78, 5) is 12.3. The van der Waals surface area contributed by atoms with E-state index >= 15 is 0 Å². The van der Waals surface area contributed by atoms with Gasteiger partial charge in [-0.2, -0.15) is 0 Å². The Morgan fingerprint density at radius 3 is 1.92 bits per heavy atom. The summed E-state index contributed by atoms with van der Waals surface area (Å²) in [6, 6.07) is 10.7. The Labute approximate surface area is 153 Å². The van der Waals surface area contributed by atoms with E-state index in [4.69, 9.17) is 18.9 Å². The minimum atomic E-state index is -0.235. The lowest BCUT2D eigenvalue weighted by Crippen LogP contribution is -2.08. The van der Waals surface area contributed by atoms with Gasteiger partial charge < -0.3 is 24.3 Å². The number of hydrogen-bond acceptors (Lipinski definition) is 5. The van der Waals surface area contributed by atoms with Crippen LogP contribution in [0.25, 0.3) is 5.57 Å². The third-order valence-corrected chi connectivity index (χ3v) is 3.83. The number of allylic oxidation sites excluding steroid dienone is 1. The maximum absolute atomic E-state index is 12.3. The van der Waals surface area contributed by atoms with Crippen LogP contribution < -0.4 is 24.3 Å². The molecule has 0 aliphatic heterocycles. The number of hydrogen-bond donors (Lipinski definition) is 1. The van der Waals surface area contributed by atoms with E-state index < -0.39 is 0 Å². The SMILES string of the molecule is COc1ccc(NC(=O)C=C(C)c2cc(OC)c(OC)c(OC)c2)cc1. The van der Waals surface area contributed by atoms with Gasteiger partial charge in [-0.15, -0.1) is 0 Å². The fraction of sp³-hybridized carbons (Fsp3) is 0.250. The minimum absolute atomic E-state index is 0.235. The molecule has 6 heteroatoms. The molecule has 0 aliphatic rings. The maximum Gasteiger partial charge on any atom is 0.248 e. The second kappa shape index (κ2) is 8.80. The first-order valence-corrected chi connectivity index (χ1v) is 7.96. The van der Waals surface area contributed by atoms with Crippen LogP contribution in [0.2, 0.25) is 0 Å². The molecular formula is C20H23NO5. The van der Waals surface area contributed by atoms with Gasteiger partial charge >= 0.3 is 0 Å². The van der Waals surface area contributed by atoms with Crippen LogP contribution >= 0.6 is 0 Å². The molecule has 0 saturated heterocycles. The van der Waals surface area contributed by atoms with Crippen LogP contribution in [-0.4, -0.2) is 34.3 Å². The highest BCUT2D eigenvalue weighted by Crippen LogP contribution is 2.39. The second-order valence-corrected chi connectivity index (χ2v) is 5.46. The lowest BCUT2D eigenvalue weighted by atomic mass is 10.1. The normalized spacial score (nSPS) is 10.9. The molecule has 6 nitrogen and oxygen atoms in total. The highest BCUT2D eigenvalue weighted by atomic mass is 16.5. The van der Waals surface area contributed by atoms with Crippen LogP contribution in [0.1, 0.15) is 12.5 Å². The van der Waals surface area contributed by atoms with E-state index in [1.54, 1.807) is 64.8 Å². The first-order chi connectivity index (χ1) is 12.5. The van der Waals surface area contributed by atoms with E-state index in [2.05, 4.69) is 5.32 Å². The van der Waals surface area contributed by atoms with E-state index in [9.17, 15) is 4.79 Å². The average molecular weight is 357 g/mol. The van der Waals surface area contributed by atoms with E-state index in [0.717, 1.165) is 16.9 Å². The highest BCUT2D eigenvalue weighted by Gasteiger charge is 2.14. The summed E-state index contributed by atoms with van der Waals surface area (Å²) in [5, 5.41) is 2.82. The van der Waals surface area contributed by atoms with Gasteiger partial charge in [-0.25, -0.2) is 0 Å². The molecule has 0 fully saturated rings. The Morgan fingerprint density at radius 2 is 1.46 bits per heavy atom. The molecule has 0 unspecified atom stereocenters. The van der Waals surface area contributed by atoms with Crippen LogP contribution in [0.5, 0.6) is 23.0 Å². The zero-order valence-electron chi connectivity index (χ0n) is 15.6. The summed E-state index contributed by atoms with van der Waals surface area (Å²) in [5.41, 5.74) is 2.24. The second-order valence-electron chi connectivity index (χ2n) is 5.46. The lowest BCUT2D eigenvalue weighted by molar-refractivity contribution is -0.111. The van der Waals surface area contributed by atoms with Gasteiger partial charge in [0.1, 0.15) is 5.75 Å². The van der Waals surface area contributed by atoms with Crippen molar-refractivity contribution in [3.8, 4) is 23.0 Å². The molecule has 0 bridgehead atoms. The topological polar surface area (TPSA) is 66.0 Å². The van der Waals surface area contributed by atoms with Crippen molar-refractivity contribution in [3.63, 3.8) is 0 Å².